The fourth-order valence-electron chi connectivity index (χ4n) is 3.48. The van der Waals surface area contributed by atoms with E-state index >= 15 is 0 Å². The van der Waals surface area contributed by atoms with Crippen LogP contribution in [-0.2, 0) is 4.79 Å². The number of nitrogens with zero attached hydrogens (tertiary/aromatic N) is 3. The maximum atomic E-state index is 12.7. The molecule has 3 aromatic rings. The van der Waals surface area contributed by atoms with Crippen LogP contribution in [0.4, 0.5) is 11.5 Å². The third-order valence-electron chi connectivity index (χ3n) is 5.10. The van der Waals surface area contributed by atoms with E-state index in [-0.39, 0.29) is 17.6 Å². The van der Waals surface area contributed by atoms with Crippen LogP contribution < -0.4 is 10.2 Å². The molecule has 0 spiro atoms. The molecule has 1 saturated heterocycles. The molecular weight excluding hydrogens is 384 g/mol. The van der Waals surface area contributed by atoms with Crippen molar-refractivity contribution in [1.29, 1.82) is 0 Å². The van der Waals surface area contributed by atoms with Crippen LogP contribution in [0.15, 0.2) is 53.9 Å². The van der Waals surface area contributed by atoms with Gasteiger partial charge in [0.25, 0.3) is 0 Å². The normalized spacial score (nSPS) is 16.4. The Morgan fingerprint density at radius 1 is 1.10 bits per heavy atom. The Morgan fingerprint density at radius 2 is 1.93 bits per heavy atom. The van der Waals surface area contributed by atoms with E-state index in [1.807, 2.05) is 29.6 Å². The molecule has 1 amide bonds. The third-order valence-corrected chi connectivity index (χ3v) is 5.99. The molecule has 1 aliphatic rings. The number of ketones is 1. The molecule has 1 N–H and O–H groups in total. The molecule has 29 heavy (non-hydrogen) atoms. The highest BCUT2D eigenvalue weighted by Crippen LogP contribution is 2.26. The van der Waals surface area contributed by atoms with Crippen LogP contribution in [0, 0.1) is 5.92 Å². The van der Waals surface area contributed by atoms with Crippen molar-refractivity contribution < 1.29 is 9.59 Å². The second-order valence-corrected chi connectivity index (χ2v) is 8.11. The Bertz CT molecular complexity index is 985. The molecule has 0 aliphatic carbocycles. The molecule has 1 aromatic carbocycles. The van der Waals surface area contributed by atoms with E-state index in [2.05, 4.69) is 20.4 Å². The Morgan fingerprint density at radius 3 is 2.59 bits per heavy atom. The van der Waals surface area contributed by atoms with Crippen molar-refractivity contribution in [2.75, 3.05) is 23.3 Å². The van der Waals surface area contributed by atoms with Gasteiger partial charge in [0.05, 0.1) is 10.8 Å². The lowest BCUT2D eigenvalue weighted by atomic mass is 9.97. The molecule has 6 nitrogen and oxygen atoms in total. The van der Waals surface area contributed by atoms with Gasteiger partial charge in [-0.2, -0.15) is 0 Å². The Kier molecular flexibility index (Phi) is 5.67. The van der Waals surface area contributed by atoms with Gasteiger partial charge in [-0.3, -0.25) is 9.59 Å². The fourth-order valence-corrected chi connectivity index (χ4v) is 4.17. The number of hydrogen-bond acceptors (Lipinski definition) is 6. The van der Waals surface area contributed by atoms with Crippen molar-refractivity contribution >= 4 is 34.5 Å². The number of carbonyl (C=O) groups excluding carboxylic acids is 2. The number of aromatic nitrogens is 2. The zero-order valence-electron chi connectivity index (χ0n) is 16.2. The van der Waals surface area contributed by atoms with Crippen molar-refractivity contribution in [2.45, 2.75) is 19.8 Å². The number of Topliss-reactive ketones (excluding diaryl/α,β-unsaturated/α-hetero) is 1. The largest absolute Gasteiger partial charge is 0.354 e. The van der Waals surface area contributed by atoms with Gasteiger partial charge in [0.1, 0.15) is 5.69 Å². The minimum absolute atomic E-state index is 0.00607. The zero-order chi connectivity index (χ0) is 20.2. The number of anilines is 2. The van der Waals surface area contributed by atoms with E-state index in [9.17, 15) is 9.59 Å². The highest BCUT2D eigenvalue weighted by molar-refractivity contribution is 7.13. The minimum Gasteiger partial charge on any atom is -0.354 e. The monoisotopic (exact) mass is 406 g/mol. The van der Waals surface area contributed by atoms with Crippen LogP contribution in [0.5, 0.6) is 0 Å². The SMILES string of the molecule is CC(=O)c1ccc(NC(=O)[C@@H]2CCCN(c3ccc(-c4cccs4)nn3)C2)cc1. The third kappa shape index (κ3) is 4.51. The molecule has 0 saturated carbocycles. The van der Waals surface area contributed by atoms with Gasteiger partial charge in [-0.25, -0.2) is 0 Å². The van der Waals surface area contributed by atoms with E-state index in [1.54, 1.807) is 35.6 Å². The number of carbonyl (C=O) groups is 2. The Labute approximate surface area is 173 Å². The highest BCUT2D eigenvalue weighted by Gasteiger charge is 2.27. The lowest BCUT2D eigenvalue weighted by Gasteiger charge is -2.32. The molecule has 7 heteroatoms. The van der Waals surface area contributed by atoms with Gasteiger partial charge in [0, 0.05) is 24.3 Å². The molecule has 1 aliphatic heterocycles. The number of hydrogen-bond donors (Lipinski definition) is 1. The smallest absolute Gasteiger partial charge is 0.229 e. The van der Waals surface area contributed by atoms with Crippen LogP contribution in [0.2, 0.25) is 0 Å². The van der Waals surface area contributed by atoms with Gasteiger partial charge in [0.2, 0.25) is 5.91 Å². The van der Waals surface area contributed by atoms with Crippen LogP contribution in [0.25, 0.3) is 10.6 Å². The van der Waals surface area contributed by atoms with Gasteiger partial charge in [-0.15, -0.1) is 21.5 Å². The molecule has 1 fully saturated rings. The molecule has 1 atom stereocenters. The van der Waals surface area contributed by atoms with E-state index in [0.717, 1.165) is 35.8 Å². The van der Waals surface area contributed by atoms with Crippen molar-refractivity contribution in [1.82, 2.24) is 10.2 Å². The Hall–Kier alpha value is -3.06. The highest BCUT2D eigenvalue weighted by atomic mass is 32.1. The summed E-state index contributed by atoms with van der Waals surface area (Å²) < 4.78 is 0. The van der Waals surface area contributed by atoms with E-state index in [4.69, 9.17) is 0 Å². The summed E-state index contributed by atoms with van der Waals surface area (Å²) in [5.74, 6) is 0.689. The first kappa shape index (κ1) is 19.3. The second kappa shape index (κ2) is 8.53. The summed E-state index contributed by atoms with van der Waals surface area (Å²) in [4.78, 5) is 27.3. The van der Waals surface area contributed by atoms with Crippen molar-refractivity contribution in [3.63, 3.8) is 0 Å². The predicted octanol–water partition coefficient (Wildman–Crippen LogP) is 4.26. The Balaban J connectivity index is 1.39. The minimum atomic E-state index is -0.116. The summed E-state index contributed by atoms with van der Waals surface area (Å²) in [6.07, 6.45) is 1.77. The number of rotatable bonds is 5. The van der Waals surface area contributed by atoms with Crippen molar-refractivity contribution in [3.8, 4) is 10.6 Å². The topological polar surface area (TPSA) is 75.2 Å². The predicted molar refractivity (Wildman–Crippen MR) is 115 cm³/mol. The molecule has 4 rings (SSSR count). The standard InChI is InChI=1S/C22H22N4O2S/c1-15(27)16-6-8-18(9-7-16)23-22(28)17-4-2-12-26(14-17)21-11-10-19(24-25-21)20-5-3-13-29-20/h3,5-11,13,17H,2,4,12,14H2,1H3,(H,23,28)/t17-/m1/s1. The number of thiophene rings is 1. The van der Waals surface area contributed by atoms with Crippen LogP contribution in [0.3, 0.4) is 0 Å². The van der Waals surface area contributed by atoms with Crippen LogP contribution >= 0.6 is 11.3 Å². The van der Waals surface area contributed by atoms with Gasteiger partial charge < -0.3 is 10.2 Å². The number of piperidine rings is 1. The summed E-state index contributed by atoms with van der Waals surface area (Å²) in [6, 6.07) is 15.0. The molecule has 3 heterocycles. The first-order valence-electron chi connectivity index (χ1n) is 9.64. The number of nitrogens with one attached hydrogen (secondary N) is 1. The van der Waals surface area contributed by atoms with Gasteiger partial charge in [-0.1, -0.05) is 6.07 Å². The molecular formula is C22H22N4O2S. The number of amides is 1. The summed E-state index contributed by atoms with van der Waals surface area (Å²) in [5.41, 5.74) is 2.21. The second-order valence-electron chi connectivity index (χ2n) is 7.16. The van der Waals surface area contributed by atoms with Crippen LogP contribution in [-0.4, -0.2) is 35.0 Å². The summed E-state index contributed by atoms with van der Waals surface area (Å²) >= 11 is 1.64. The fraction of sp³-hybridized carbons (Fsp3) is 0.273. The van der Waals surface area contributed by atoms with Gasteiger partial charge >= 0.3 is 0 Å². The lowest BCUT2D eigenvalue weighted by molar-refractivity contribution is -0.120. The first-order valence-corrected chi connectivity index (χ1v) is 10.5. The number of benzene rings is 1. The van der Waals surface area contributed by atoms with Gasteiger partial charge in [-0.05, 0) is 67.6 Å². The quantitative estimate of drug-likeness (QED) is 0.641. The lowest BCUT2D eigenvalue weighted by Crippen LogP contribution is -2.41. The summed E-state index contributed by atoms with van der Waals surface area (Å²) in [7, 11) is 0. The average Bonchev–Trinajstić information content (AvgIpc) is 3.29. The molecule has 148 valence electrons. The first-order chi connectivity index (χ1) is 14.1. The van der Waals surface area contributed by atoms with E-state index in [0.29, 0.717) is 17.8 Å². The van der Waals surface area contributed by atoms with Crippen molar-refractivity contribution in [3.05, 3.63) is 59.5 Å². The van der Waals surface area contributed by atoms with E-state index in [1.165, 1.54) is 6.92 Å². The molecule has 0 radical (unpaired) electrons. The molecule has 0 unspecified atom stereocenters. The maximum absolute atomic E-state index is 12.7. The molecule has 2 aromatic heterocycles. The summed E-state index contributed by atoms with van der Waals surface area (Å²) in [5, 5.41) is 13.7. The van der Waals surface area contributed by atoms with Crippen LogP contribution in [0.1, 0.15) is 30.1 Å². The van der Waals surface area contributed by atoms with Gasteiger partial charge in [0.15, 0.2) is 11.6 Å². The summed E-state index contributed by atoms with van der Waals surface area (Å²) in [6.45, 7) is 3.01. The zero-order valence-corrected chi connectivity index (χ0v) is 17.0. The molecule has 0 bridgehead atoms. The average molecular weight is 407 g/mol. The van der Waals surface area contributed by atoms with E-state index < -0.39 is 0 Å². The van der Waals surface area contributed by atoms with Crippen molar-refractivity contribution in [2.24, 2.45) is 5.92 Å². The maximum Gasteiger partial charge on any atom is 0.229 e.